The molecule has 0 bridgehead atoms. The molecular weight excluding hydrogens is 436 g/mol. The molecule has 1 aliphatic rings. The fraction of sp³-hybridized carbons (Fsp3) is 0.160. The number of carbonyl (C=O) groups excluding carboxylic acids is 1. The number of carbonyl (C=O) groups is 1. The molecule has 0 radical (unpaired) electrons. The molecule has 0 atom stereocenters. The third-order valence-corrected chi connectivity index (χ3v) is 6.34. The van der Waals surface area contributed by atoms with E-state index in [9.17, 15) is 23.8 Å². The Kier molecular flexibility index (Phi) is 4.99. The SMILES string of the molecule is O=C(c1cc(F)cc(F)c1)c1c(O)[nH]c2cc(Cl)c(-c3ccc(C4CC(O)C4)cc3)cc12. The highest BCUT2D eigenvalue weighted by molar-refractivity contribution is 6.34. The first-order valence-electron chi connectivity index (χ1n) is 10.1. The lowest BCUT2D eigenvalue weighted by molar-refractivity contribution is 0.0746. The van der Waals surface area contributed by atoms with Gasteiger partial charge in [-0.25, -0.2) is 8.78 Å². The molecule has 1 saturated carbocycles. The van der Waals surface area contributed by atoms with Crippen molar-refractivity contribution in [3.05, 3.63) is 87.9 Å². The summed E-state index contributed by atoms with van der Waals surface area (Å²) in [5, 5.41) is 20.7. The summed E-state index contributed by atoms with van der Waals surface area (Å²) in [6, 6.07) is 13.6. The number of halogens is 3. The van der Waals surface area contributed by atoms with E-state index in [4.69, 9.17) is 11.6 Å². The Morgan fingerprint density at radius 2 is 1.66 bits per heavy atom. The third-order valence-electron chi connectivity index (χ3n) is 6.02. The van der Waals surface area contributed by atoms with Crippen molar-refractivity contribution >= 4 is 28.3 Å². The van der Waals surface area contributed by atoms with E-state index < -0.39 is 23.3 Å². The number of aromatic nitrogens is 1. The van der Waals surface area contributed by atoms with Gasteiger partial charge in [0.25, 0.3) is 0 Å². The highest BCUT2D eigenvalue weighted by Gasteiger charge is 2.28. The van der Waals surface area contributed by atoms with E-state index in [2.05, 4.69) is 4.98 Å². The third kappa shape index (κ3) is 3.55. The second-order valence-electron chi connectivity index (χ2n) is 8.16. The van der Waals surface area contributed by atoms with Crippen molar-refractivity contribution in [2.45, 2.75) is 24.9 Å². The molecule has 3 N–H and O–H groups in total. The quantitative estimate of drug-likeness (QED) is 0.335. The van der Waals surface area contributed by atoms with Gasteiger partial charge < -0.3 is 15.2 Å². The van der Waals surface area contributed by atoms with Gasteiger partial charge in [-0.05, 0) is 54.2 Å². The summed E-state index contributed by atoms with van der Waals surface area (Å²) in [5.41, 5.74) is 2.75. The molecule has 1 aliphatic carbocycles. The molecule has 162 valence electrons. The number of hydrogen-bond donors (Lipinski definition) is 3. The molecule has 5 rings (SSSR count). The Bertz CT molecular complexity index is 1340. The molecule has 0 amide bonds. The predicted molar refractivity (Wildman–Crippen MR) is 118 cm³/mol. The highest BCUT2D eigenvalue weighted by atomic mass is 35.5. The minimum absolute atomic E-state index is 0.0806. The number of ketones is 1. The number of rotatable bonds is 4. The van der Waals surface area contributed by atoms with Crippen molar-refractivity contribution in [2.24, 2.45) is 0 Å². The number of hydrogen-bond acceptors (Lipinski definition) is 3. The van der Waals surface area contributed by atoms with Crippen LogP contribution in [0.3, 0.4) is 0 Å². The van der Waals surface area contributed by atoms with Crippen LogP contribution in [-0.2, 0) is 0 Å². The fourth-order valence-corrected chi connectivity index (χ4v) is 4.55. The van der Waals surface area contributed by atoms with Crippen LogP contribution in [0.15, 0.2) is 54.6 Å². The van der Waals surface area contributed by atoms with Crippen LogP contribution >= 0.6 is 11.6 Å². The number of nitrogens with one attached hydrogen (secondary N) is 1. The number of aliphatic hydroxyl groups is 1. The average Bonchev–Trinajstić information content (AvgIpc) is 3.04. The maximum atomic E-state index is 13.6. The summed E-state index contributed by atoms with van der Waals surface area (Å²) in [6.07, 6.45) is 1.27. The number of benzene rings is 3. The molecule has 1 aromatic heterocycles. The zero-order chi connectivity index (χ0) is 22.6. The van der Waals surface area contributed by atoms with Crippen LogP contribution in [-0.4, -0.2) is 27.1 Å². The predicted octanol–water partition coefficient (Wildman–Crippen LogP) is 5.94. The minimum atomic E-state index is -0.879. The number of aromatic hydroxyl groups is 1. The zero-order valence-electron chi connectivity index (χ0n) is 16.7. The molecule has 1 heterocycles. The Morgan fingerprint density at radius 1 is 1.00 bits per heavy atom. The first-order chi connectivity index (χ1) is 15.3. The number of H-pyrrole nitrogens is 1. The largest absolute Gasteiger partial charge is 0.494 e. The van der Waals surface area contributed by atoms with Gasteiger partial charge in [0.2, 0.25) is 5.88 Å². The van der Waals surface area contributed by atoms with E-state index >= 15 is 0 Å². The van der Waals surface area contributed by atoms with Crippen molar-refractivity contribution in [3.8, 4) is 17.0 Å². The first kappa shape index (κ1) is 20.7. The molecule has 4 nitrogen and oxygen atoms in total. The van der Waals surface area contributed by atoms with Gasteiger partial charge in [-0.15, -0.1) is 0 Å². The second kappa shape index (κ2) is 7.73. The molecule has 0 unspecified atom stereocenters. The van der Waals surface area contributed by atoms with Crippen molar-refractivity contribution < 1.29 is 23.8 Å². The summed E-state index contributed by atoms with van der Waals surface area (Å²) in [5.74, 6) is -2.53. The lowest BCUT2D eigenvalue weighted by Crippen LogP contribution is -2.26. The summed E-state index contributed by atoms with van der Waals surface area (Å²) >= 11 is 6.48. The van der Waals surface area contributed by atoms with E-state index in [1.165, 1.54) is 0 Å². The van der Waals surface area contributed by atoms with Crippen molar-refractivity contribution in [2.75, 3.05) is 0 Å². The van der Waals surface area contributed by atoms with E-state index in [0.29, 0.717) is 33.5 Å². The average molecular weight is 454 g/mol. The van der Waals surface area contributed by atoms with E-state index in [-0.39, 0.29) is 17.2 Å². The summed E-state index contributed by atoms with van der Waals surface area (Å²) in [4.78, 5) is 15.7. The van der Waals surface area contributed by atoms with Crippen molar-refractivity contribution in [3.63, 3.8) is 0 Å². The van der Waals surface area contributed by atoms with E-state index in [1.54, 1.807) is 12.1 Å². The smallest absolute Gasteiger partial charge is 0.200 e. The van der Waals surface area contributed by atoms with Crippen molar-refractivity contribution in [1.82, 2.24) is 4.98 Å². The lowest BCUT2D eigenvalue weighted by Gasteiger charge is -2.31. The molecule has 0 aliphatic heterocycles. The van der Waals surface area contributed by atoms with Crippen LogP contribution in [0.5, 0.6) is 5.88 Å². The van der Waals surface area contributed by atoms with Crippen LogP contribution in [0.2, 0.25) is 5.02 Å². The standard InChI is InChI=1S/C25H18ClF2NO3/c26-21-11-22-20(10-19(21)13-3-1-12(2-4-13)14-7-18(30)8-14)23(25(32)29-22)24(31)15-5-16(27)9-17(28)6-15/h1-6,9-11,14,18,29-30,32H,7-8H2. The Labute approximate surface area is 187 Å². The van der Waals surface area contributed by atoms with Crippen LogP contribution < -0.4 is 0 Å². The van der Waals surface area contributed by atoms with Crippen LogP contribution in [0.1, 0.15) is 40.2 Å². The van der Waals surface area contributed by atoms with Crippen LogP contribution in [0.25, 0.3) is 22.0 Å². The van der Waals surface area contributed by atoms with Crippen LogP contribution in [0.4, 0.5) is 8.78 Å². The van der Waals surface area contributed by atoms with Gasteiger partial charge in [0.05, 0.1) is 22.2 Å². The minimum Gasteiger partial charge on any atom is -0.494 e. The Morgan fingerprint density at radius 3 is 2.28 bits per heavy atom. The van der Waals surface area contributed by atoms with Gasteiger partial charge in [-0.1, -0.05) is 35.9 Å². The monoisotopic (exact) mass is 453 g/mol. The zero-order valence-corrected chi connectivity index (χ0v) is 17.5. The maximum Gasteiger partial charge on any atom is 0.200 e. The van der Waals surface area contributed by atoms with Crippen molar-refractivity contribution in [1.29, 1.82) is 0 Å². The summed E-state index contributed by atoms with van der Waals surface area (Å²) < 4.78 is 27.3. The van der Waals surface area contributed by atoms with E-state index in [0.717, 1.165) is 36.1 Å². The highest BCUT2D eigenvalue weighted by Crippen LogP contribution is 2.40. The molecule has 4 aromatic rings. The summed E-state index contributed by atoms with van der Waals surface area (Å²) in [7, 11) is 0. The molecule has 7 heteroatoms. The number of aliphatic hydroxyl groups excluding tert-OH is 1. The normalized spacial score (nSPS) is 18.0. The second-order valence-corrected chi connectivity index (χ2v) is 8.56. The van der Waals surface area contributed by atoms with Gasteiger partial charge in [0.1, 0.15) is 11.6 Å². The number of aromatic amines is 1. The molecular formula is C25H18ClF2NO3. The van der Waals surface area contributed by atoms with Gasteiger partial charge in [0, 0.05) is 22.6 Å². The first-order valence-corrected chi connectivity index (χ1v) is 10.5. The molecule has 0 saturated heterocycles. The number of fused-ring (bicyclic) bond motifs is 1. The van der Waals surface area contributed by atoms with Gasteiger partial charge in [-0.2, -0.15) is 0 Å². The van der Waals surface area contributed by atoms with Gasteiger partial charge in [0.15, 0.2) is 5.78 Å². The topological polar surface area (TPSA) is 73.3 Å². The van der Waals surface area contributed by atoms with E-state index in [1.807, 2.05) is 24.3 Å². The Hall–Kier alpha value is -3.22. The van der Waals surface area contributed by atoms with Gasteiger partial charge >= 0.3 is 0 Å². The fourth-order valence-electron chi connectivity index (χ4n) is 4.28. The lowest BCUT2D eigenvalue weighted by atomic mass is 9.77. The molecule has 1 fully saturated rings. The van der Waals surface area contributed by atoms with Gasteiger partial charge in [-0.3, -0.25) is 4.79 Å². The molecule has 0 spiro atoms. The van der Waals surface area contributed by atoms with Crippen LogP contribution in [0, 0.1) is 11.6 Å². The molecule has 3 aromatic carbocycles. The molecule has 32 heavy (non-hydrogen) atoms. The Balaban J connectivity index is 1.57. The maximum absolute atomic E-state index is 13.6. The summed E-state index contributed by atoms with van der Waals surface area (Å²) in [6.45, 7) is 0.